The fourth-order valence-electron chi connectivity index (χ4n) is 2.06. The van der Waals surface area contributed by atoms with E-state index in [1.165, 1.54) is 6.07 Å². The first-order chi connectivity index (χ1) is 10.1. The summed E-state index contributed by atoms with van der Waals surface area (Å²) >= 11 is 0. The van der Waals surface area contributed by atoms with Gasteiger partial charge in [0.25, 0.3) is 5.69 Å². The van der Waals surface area contributed by atoms with Crippen LogP contribution in [0.2, 0.25) is 0 Å². The number of nitrogens with zero attached hydrogens (tertiary/aromatic N) is 3. The maximum Gasteiger partial charge on any atom is 0.273 e. The Bertz CT molecular complexity index is 624. The number of non-ortho nitro benzene ring substituents is 1. The summed E-state index contributed by atoms with van der Waals surface area (Å²) in [6.45, 7) is 3.34. The predicted octanol–water partition coefficient (Wildman–Crippen LogP) is 2.41. The molecular formula is C14H19N5O2. The number of nitro groups is 1. The SMILES string of the molecule is CCNc1cc(NCCc2ccn(C)n2)cc([N+](=O)[O-])c1. The number of nitrogens with one attached hydrogen (secondary N) is 2. The van der Waals surface area contributed by atoms with Gasteiger partial charge in [0.1, 0.15) is 0 Å². The highest BCUT2D eigenvalue weighted by molar-refractivity contribution is 5.63. The molecule has 0 unspecified atom stereocenters. The molecule has 0 amide bonds. The number of aryl methyl sites for hydroxylation is 1. The van der Waals surface area contributed by atoms with Gasteiger partial charge in [0.2, 0.25) is 0 Å². The molecule has 2 rings (SSSR count). The number of rotatable bonds is 7. The molecule has 7 heteroatoms. The van der Waals surface area contributed by atoms with Crippen LogP contribution in [0.4, 0.5) is 17.1 Å². The van der Waals surface area contributed by atoms with Gasteiger partial charge in [0.15, 0.2) is 0 Å². The topological polar surface area (TPSA) is 85.0 Å². The summed E-state index contributed by atoms with van der Waals surface area (Å²) in [4.78, 5) is 10.6. The average molecular weight is 289 g/mol. The summed E-state index contributed by atoms with van der Waals surface area (Å²) in [7, 11) is 1.88. The van der Waals surface area contributed by atoms with Crippen LogP contribution in [0.3, 0.4) is 0 Å². The molecule has 2 aromatic rings. The van der Waals surface area contributed by atoms with Gasteiger partial charge >= 0.3 is 0 Å². The fourth-order valence-corrected chi connectivity index (χ4v) is 2.06. The predicted molar refractivity (Wildman–Crippen MR) is 82.7 cm³/mol. The largest absolute Gasteiger partial charge is 0.385 e. The van der Waals surface area contributed by atoms with Gasteiger partial charge in [-0.3, -0.25) is 14.8 Å². The van der Waals surface area contributed by atoms with Crippen molar-refractivity contribution in [1.82, 2.24) is 9.78 Å². The van der Waals surface area contributed by atoms with Gasteiger partial charge in [-0.2, -0.15) is 5.10 Å². The molecule has 0 aliphatic rings. The van der Waals surface area contributed by atoms with Crippen LogP contribution in [0.25, 0.3) is 0 Å². The lowest BCUT2D eigenvalue weighted by Gasteiger charge is -2.09. The van der Waals surface area contributed by atoms with E-state index >= 15 is 0 Å². The fraction of sp³-hybridized carbons (Fsp3) is 0.357. The van der Waals surface area contributed by atoms with Crippen LogP contribution in [-0.2, 0) is 13.5 Å². The van der Waals surface area contributed by atoms with Gasteiger partial charge in [-0.05, 0) is 19.1 Å². The Hall–Kier alpha value is -2.57. The standard InChI is InChI=1S/C14H19N5O2/c1-3-15-12-8-13(10-14(9-12)19(20)21)16-6-4-11-5-7-18(2)17-11/h5,7-10,15-16H,3-4,6H2,1-2H3. The molecule has 0 radical (unpaired) electrons. The number of aromatic nitrogens is 2. The Labute approximate surface area is 123 Å². The number of nitro benzene ring substituents is 1. The van der Waals surface area contributed by atoms with E-state index < -0.39 is 0 Å². The highest BCUT2D eigenvalue weighted by Crippen LogP contribution is 2.24. The van der Waals surface area contributed by atoms with Gasteiger partial charge in [0, 0.05) is 56.3 Å². The Morgan fingerprint density at radius 1 is 1.29 bits per heavy atom. The van der Waals surface area contributed by atoms with Crippen molar-refractivity contribution in [3.8, 4) is 0 Å². The van der Waals surface area contributed by atoms with Crippen molar-refractivity contribution in [2.75, 3.05) is 23.7 Å². The molecule has 0 spiro atoms. The highest BCUT2D eigenvalue weighted by atomic mass is 16.6. The molecule has 0 aliphatic carbocycles. The smallest absolute Gasteiger partial charge is 0.273 e. The first-order valence-corrected chi connectivity index (χ1v) is 6.84. The van der Waals surface area contributed by atoms with Crippen molar-refractivity contribution in [3.63, 3.8) is 0 Å². The summed E-state index contributed by atoms with van der Waals surface area (Å²) in [5.74, 6) is 0. The van der Waals surface area contributed by atoms with E-state index in [4.69, 9.17) is 0 Å². The number of anilines is 2. The first-order valence-electron chi connectivity index (χ1n) is 6.84. The lowest BCUT2D eigenvalue weighted by Crippen LogP contribution is -2.07. The molecule has 1 aromatic carbocycles. The van der Waals surface area contributed by atoms with Crippen LogP contribution in [0.15, 0.2) is 30.5 Å². The molecule has 7 nitrogen and oxygen atoms in total. The Kier molecular flexibility index (Phi) is 4.76. The van der Waals surface area contributed by atoms with Crippen LogP contribution in [0, 0.1) is 10.1 Å². The van der Waals surface area contributed by atoms with E-state index in [9.17, 15) is 10.1 Å². The molecule has 0 bridgehead atoms. The zero-order chi connectivity index (χ0) is 15.2. The Morgan fingerprint density at radius 3 is 2.57 bits per heavy atom. The maximum atomic E-state index is 10.9. The van der Waals surface area contributed by atoms with Crippen molar-refractivity contribution >= 4 is 17.1 Å². The van der Waals surface area contributed by atoms with Crippen molar-refractivity contribution in [1.29, 1.82) is 0 Å². The minimum absolute atomic E-state index is 0.0776. The molecule has 1 heterocycles. The lowest BCUT2D eigenvalue weighted by atomic mass is 10.2. The molecule has 0 fully saturated rings. The first kappa shape index (κ1) is 14.8. The normalized spacial score (nSPS) is 10.4. The number of hydrogen-bond acceptors (Lipinski definition) is 5. The van der Waals surface area contributed by atoms with E-state index in [1.807, 2.05) is 32.3 Å². The number of benzene rings is 1. The lowest BCUT2D eigenvalue weighted by molar-refractivity contribution is -0.384. The Balaban J connectivity index is 2.02. The molecular weight excluding hydrogens is 270 g/mol. The van der Waals surface area contributed by atoms with Gasteiger partial charge in [-0.25, -0.2) is 0 Å². The van der Waals surface area contributed by atoms with Gasteiger partial charge in [-0.1, -0.05) is 0 Å². The summed E-state index contributed by atoms with van der Waals surface area (Å²) in [5.41, 5.74) is 2.54. The average Bonchev–Trinajstić information content (AvgIpc) is 2.84. The third-order valence-corrected chi connectivity index (χ3v) is 2.99. The summed E-state index contributed by atoms with van der Waals surface area (Å²) < 4.78 is 1.76. The second-order valence-electron chi connectivity index (χ2n) is 4.71. The second kappa shape index (κ2) is 6.74. The van der Waals surface area contributed by atoms with Gasteiger partial charge in [0.05, 0.1) is 10.6 Å². The monoisotopic (exact) mass is 289 g/mol. The molecule has 0 saturated carbocycles. The summed E-state index contributed by atoms with van der Waals surface area (Å²) in [5, 5.41) is 21.5. The Morgan fingerprint density at radius 2 is 2.00 bits per heavy atom. The van der Waals surface area contributed by atoms with Crippen LogP contribution in [0.1, 0.15) is 12.6 Å². The van der Waals surface area contributed by atoms with E-state index in [0.29, 0.717) is 13.1 Å². The zero-order valence-corrected chi connectivity index (χ0v) is 12.2. The van der Waals surface area contributed by atoms with E-state index in [1.54, 1.807) is 10.7 Å². The van der Waals surface area contributed by atoms with Crippen molar-refractivity contribution < 1.29 is 4.92 Å². The van der Waals surface area contributed by atoms with Crippen molar-refractivity contribution in [2.45, 2.75) is 13.3 Å². The molecule has 21 heavy (non-hydrogen) atoms. The third kappa shape index (κ3) is 4.20. The van der Waals surface area contributed by atoms with Crippen molar-refractivity contribution in [3.05, 3.63) is 46.3 Å². The molecule has 0 atom stereocenters. The van der Waals surface area contributed by atoms with Crippen LogP contribution in [0.5, 0.6) is 0 Å². The van der Waals surface area contributed by atoms with E-state index in [0.717, 1.165) is 23.5 Å². The molecule has 1 aromatic heterocycles. The number of hydrogen-bond donors (Lipinski definition) is 2. The highest BCUT2D eigenvalue weighted by Gasteiger charge is 2.09. The molecule has 112 valence electrons. The minimum atomic E-state index is -0.384. The molecule has 2 N–H and O–H groups in total. The van der Waals surface area contributed by atoms with Crippen molar-refractivity contribution in [2.24, 2.45) is 7.05 Å². The van der Waals surface area contributed by atoms with Gasteiger partial charge in [-0.15, -0.1) is 0 Å². The summed E-state index contributed by atoms with van der Waals surface area (Å²) in [6, 6.07) is 6.90. The molecule has 0 aliphatic heterocycles. The maximum absolute atomic E-state index is 10.9. The van der Waals surface area contributed by atoms with E-state index in [2.05, 4.69) is 15.7 Å². The van der Waals surface area contributed by atoms with E-state index in [-0.39, 0.29) is 10.6 Å². The zero-order valence-electron chi connectivity index (χ0n) is 12.2. The van der Waals surface area contributed by atoms with Crippen LogP contribution in [-0.4, -0.2) is 27.8 Å². The molecule has 0 saturated heterocycles. The van der Waals surface area contributed by atoms with Crippen LogP contribution >= 0.6 is 0 Å². The van der Waals surface area contributed by atoms with Crippen LogP contribution < -0.4 is 10.6 Å². The third-order valence-electron chi connectivity index (χ3n) is 2.99. The minimum Gasteiger partial charge on any atom is -0.385 e. The summed E-state index contributed by atoms with van der Waals surface area (Å²) in [6.07, 6.45) is 2.66. The quantitative estimate of drug-likeness (QED) is 0.604. The van der Waals surface area contributed by atoms with Gasteiger partial charge < -0.3 is 10.6 Å². The second-order valence-corrected chi connectivity index (χ2v) is 4.71.